The lowest BCUT2D eigenvalue weighted by Gasteiger charge is -2.47. The van der Waals surface area contributed by atoms with Crippen molar-refractivity contribution in [3.05, 3.63) is 17.4 Å². The van der Waals surface area contributed by atoms with E-state index in [1.807, 2.05) is 0 Å². The van der Waals surface area contributed by atoms with Gasteiger partial charge < -0.3 is 14.8 Å². The highest BCUT2D eigenvalue weighted by Crippen LogP contribution is 2.29. The predicted molar refractivity (Wildman–Crippen MR) is 80.7 cm³/mol. The molecule has 0 atom stereocenters. The first kappa shape index (κ1) is 15.0. The van der Waals surface area contributed by atoms with Crippen LogP contribution in [0, 0.1) is 0 Å². The SMILES string of the molecule is Clc1cnc(NCC2(N3CCOCC3)CCOCC2)nc1. The summed E-state index contributed by atoms with van der Waals surface area (Å²) in [5.41, 5.74) is 0.102. The molecule has 116 valence electrons. The molecule has 3 heterocycles. The molecule has 1 aromatic rings. The second-order valence-corrected chi connectivity index (χ2v) is 5.95. The Labute approximate surface area is 129 Å². The van der Waals surface area contributed by atoms with E-state index < -0.39 is 0 Å². The number of hydrogen-bond donors (Lipinski definition) is 1. The van der Waals surface area contributed by atoms with E-state index in [0.717, 1.165) is 58.9 Å². The Morgan fingerprint density at radius 3 is 2.38 bits per heavy atom. The van der Waals surface area contributed by atoms with Gasteiger partial charge in [-0.15, -0.1) is 0 Å². The number of nitrogens with zero attached hydrogens (tertiary/aromatic N) is 3. The molecular formula is C14H21ClN4O2. The summed E-state index contributed by atoms with van der Waals surface area (Å²) >= 11 is 5.82. The van der Waals surface area contributed by atoms with Gasteiger partial charge in [-0.25, -0.2) is 9.97 Å². The predicted octanol–water partition coefficient (Wildman–Crippen LogP) is 1.42. The normalized spacial score (nSPS) is 22.9. The van der Waals surface area contributed by atoms with Gasteiger partial charge in [0, 0.05) is 38.4 Å². The minimum atomic E-state index is 0.102. The molecule has 6 nitrogen and oxygen atoms in total. The summed E-state index contributed by atoms with van der Waals surface area (Å²) in [5, 5.41) is 3.91. The monoisotopic (exact) mass is 312 g/mol. The molecule has 0 aliphatic carbocycles. The van der Waals surface area contributed by atoms with Crippen LogP contribution in [0.1, 0.15) is 12.8 Å². The van der Waals surface area contributed by atoms with Crippen molar-refractivity contribution in [3.8, 4) is 0 Å². The average Bonchev–Trinajstić information content (AvgIpc) is 2.56. The van der Waals surface area contributed by atoms with E-state index in [-0.39, 0.29) is 5.54 Å². The first-order chi connectivity index (χ1) is 10.3. The van der Waals surface area contributed by atoms with Crippen molar-refractivity contribution in [3.63, 3.8) is 0 Å². The molecule has 0 aromatic carbocycles. The number of aromatic nitrogens is 2. The van der Waals surface area contributed by atoms with Crippen molar-refractivity contribution >= 4 is 17.5 Å². The molecule has 7 heteroatoms. The molecule has 0 unspecified atom stereocenters. The number of halogens is 1. The van der Waals surface area contributed by atoms with Crippen LogP contribution < -0.4 is 5.32 Å². The fourth-order valence-electron chi connectivity index (χ4n) is 3.04. The van der Waals surface area contributed by atoms with Crippen LogP contribution in [0.3, 0.4) is 0 Å². The molecule has 1 N–H and O–H groups in total. The Kier molecular flexibility index (Phi) is 4.90. The van der Waals surface area contributed by atoms with E-state index >= 15 is 0 Å². The maximum absolute atomic E-state index is 5.82. The zero-order valence-electron chi connectivity index (χ0n) is 12.1. The Morgan fingerprint density at radius 2 is 1.71 bits per heavy atom. The maximum Gasteiger partial charge on any atom is 0.222 e. The maximum atomic E-state index is 5.82. The van der Waals surface area contributed by atoms with Crippen molar-refractivity contribution < 1.29 is 9.47 Å². The number of morpholine rings is 1. The lowest BCUT2D eigenvalue weighted by atomic mass is 9.87. The zero-order chi connectivity index (χ0) is 14.5. The molecule has 2 aliphatic heterocycles. The lowest BCUT2D eigenvalue weighted by Crippen LogP contribution is -2.59. The van der Waals surface area contributed by atoms with Crippen molar-refractivity contribution in [1.29, 1.82) is 0 Å². The van der Waals surface area contributed by atoms with E-state index in [1.165, 1.54) is 0 Å². The van der Waals surface area contributed by atoms with Crippen LogP contribution in [0.25, 0.3) is 0 Å². The highest BCUT2D eigenvalue weighted by atomic mass is 35.5. The summed E-state index contributed by atoms with van der Waals surface area (Å²) in [6.07, 6.45) is 5.27. The summed E-state index contributed by atoms with van der Waals surface area (Å²) in [5.74, 6) is 0.624. The first-order valence-corrected chi connectivity index (χ1v) is 7.78. The quantitative estimate of drug-likeness (QED) is 0.907. The highest BCUT2D eigenvalue weighted by molar-refractivity contribution is 6.30. The van der Waals surface area contributed by atoms with Crippen molar-refractivity contribution in [2.45, 2.75) is 18.4 Å². The molecule has 2 fully saturated rings. The molecule has 0 saturated carbocycles. The number of rotatable bonds is 4. The Balaban J connectivity index is 1.68. The van der Waals surface area contributed by atoms with Crippen LogP contribution in [0.4, 0.5) is 5.95 Å². The van der Waals surface area contributed by atoms with Gasteiger partial charge >= 0.3 is 0 Å². The van der Waals surface area contributed by atoms with Crippen LogP contribution in [0.5, 0.6) is 0 Å². The van der Waals surface area contributed by atoms with Gasteiger partial charge in [0.1, 0.15) is 0 Å². The summed E-state index contributed by atoms with van der Waals surface area (Å²) < 4.78 is 11.0. The Morgan fingerprint density at radius 1 is 1.10 bits per heavy atom. The second-order valence-electron chi connectivity index (χ2n) is 5.51. The molecule has 2 saturated heterocycles. The molecule has 1 aromatic heterocycles. The van der Waals surface area contributed by atoms with Gasteiger partial charge in [-0.3, -0.25) is 4.90 Å². The van der Waals surface area contributed by atoms with Gasteiger partial charge in [-0.2, -0.15) is 0 Å². The second kappa shape index (κ2) is 6.87. The van der Waals surface area contributed by atoms with Gasteiger partial charge in [0.05, 0.1) is 30.6 Å². The molecule has 3 rings (SSSR count). The minimum Gasteiger partial charge on any atom is -0.381 e. The van der Waals surface area contributed by atoms with E-state index in [2.05, 4.69) is 20.2 Å². The molecule has 0 radical (unpaired) electrons. The largest absolute Gasteiger partial charge is 0.381 e. The van der Waals surface area contributed by atoms with Gasteiger partial charge in [0.15, 0.2) is 0 Å². The fourth-order valence-corrected chi connectivity index (χ4v) is 3.14. The summed E-state index contributed by atoms with van der Waals surface area (Å²) in [4.78, 5) is 11.0. The third kappa shape index (κ3) is 3.63. The number of anilines is 1. The third-order valence-corrected chi connectivity index (χ3v) is 4.50. The van der Waals surface area contributed by atoms with Crippen LogP contribution in [-0.4, -0.2) is 66.5 Å². The fraction of sp³-hybridized carbons (Fsp3) is 0.714. The molecule has 21 heavy (non-hydrogen) atoms. The number of nitrogens with one attached hydrogen (secondary N) is 1. The minimum absolute atomic E-state index is 0.102. The highest BCUT2D eigenvalue weighted by Gasteiger charge is 2.39. The van der Waals surface area contributed by atoms with Crippen molar-refractivity contribution in [1.82, 2.24) is 14.9 Å². The van der Waals surface area contributed by atoms with Crippen molar-refractivity contribution in [2.24, 2.45) is 0 Å². The number of ether oxygens (including phenoxy) is 2. The summed E-state index contributed by atoms with van der Waals surface area (Å²) in [7, 11) is 0. The Bertz CT molecular complexity index is 445. The van der Waals surface area contributed by atoms with E-state index in [0.29, 0.717) is 11.0 Å². The molecular weight excluding hydrogens is 292 g/mol. The first-order valence-electron chi connectivity index (χ1n) is 7.40. The van der Waals surface area contributed by atoms with Crippen molar-refractivity contribution in [2.75, 3.05) is 51.4 Å². The van der Waals surface area contributed by atoms with E-state index in [1.54, 1.807) is 12.4 Å². The Hall–Kier alpha value is -0.950. The molecule has 0 bridgehead atoms. The van der Waals surface area contributed by atoms with E-state index in [4.69, 9.17) is 21.1 Å². The topological polar surface area (TPSA) is 59.5 Å². The third-order valence-electron chi connectivity index (χ3n) is 4.30. The summed E-state index contributed by atoms with van der Waals surface area (Å²) in [6.45, 7) is 5.99. The van der Waals surface area contributed by atoms with Gasteiger partial charge in [0.2, 0.25) is 5.95 Å². The van der Waals surface area contributed by atoms with Crippen LogP contribution >= 0.6 is 11.6 Å². The molecule has 2 aliphatic rings. The average molecular weight is 313 g/mol. The number of hydrogen-bond acceptors (Lipinski definition) is 6. The van der Waals surface area contributed by atoms with Gasteiger partial charge in [0.25, 0.3) is 0 Å². The van der Waals surface area contributed by atoms with Crippen LogP contribution in [0.2, 0.25) is 5.02 Å². The smallest absolute Gasteiger partial charge is 0.222 e. The standard InChI is InChI=1S/C14H21ClN4O2/c15-12-9-16-13(17-10-12)18-11-14(1-5-20-6-2-14)19-3-7-21-8-4-19/h9-10H,1-8,11H2,(H,16,17,18). The summed E-state index contributed by atoms with van der Waals surface area (Å²) in [6, 6.07) is 0. The molecule has 0 spiro atoms. The van der Waals surface area contributed by atoms with Gasteiger partial charge in [-0.05, 0) is 12.8 Å². The van der Waals surface area contributed by atoms with Gasteiger partial charge in [-0.1, -0.05) is 11.6 Å². The van der Waals surface area contributed by atoms with E-state index in [9.17, 15) is 0 Å². The zero-order valence-corrected chi connectivity index (χ0v) is 12.8. The lowest BCUT2D eigenvalue weighted by molar-refractivity contribution is -0.0653. The molecule has 0 amide bonds. The van der Waals surface area contributed by atoms with Crippen LogP contribution in [0.15, 0.2) is 12.4 Å². The van der Waals surface area contributed by atoms with Crippen LogP contribution in [-0.2, 0) is 9.47 Å².